The summed E-state index contributed by atoms with van der Waals surface area (Å²) >= 11 is 0. The molecule has 9 nitrogen and oxygen atoms in total. The Labute approximate surface area is 170 Å². The van der Waals surface area contributed by atoms with E-state index in [4.69, 9.17) is 18.9 Å². The molecule has 0 radical (unpaired) electrons. The Morgan fingerprint density at radius 1 is 0.966 bits per heavy atom. The number of aliphatic carboxylic acids is 1. The third-order valence-electron chi connectivity index (χ3n) is 3.78. The third kappa shape index (κ3) is 7.89. The lowest BCUT2D eigenvalue weighted by Gasteiger charge is -2.27. The van der Waals surface area contributed by atoms with Crippen molar-refractivity contribution in [3.05, 3.63) is 23.8 Å². The fraction of sp³-hybridized carbons (Fsp3) is 0.550. The first kappa shape index (κ1) is 24.1. The quantitative estimate of drug-likeness (QED) is 0.627. The van der Waals surface area contributed by atoms with Crippen LogP contribution in [0.1, 0.15) is 46.6 Å². The van der Waals surface area contributed by atoms with E-state index in [-0.39, 0.29) is 0 Å². The van der Waals surface area contributed by atoms with Gasteiger partial charge < -0.3 is 29.4 Å². The molecule has 9 heteroatoms. The van der Waals surface area contributed by atoms with E-state index in [9.17, 15) is 19.5 Å². The molecule has 1 unspecified atom stereocenters. The van der Waals surface area contributed by atoms with Crippen LogP contribution in [0, 0.1) is 0 Å². The van der Waals surface area contributed by atoms with Crippen molar-refractivity contribution in [2.45, 2.75) is 58.3 Å². The Balaban J connectivity index is 2.89. The molecule has 0 saturated heterocycles. The second-order valence-electron chi connectivity index (χ2n) is 7.83. The highest BCUT2D eigenvalue weighted by atomic mass is 16.6. The van der Waals surface area contributed by atoms with Crippen LogP contribution in [-0.2, 0) is 24.7 Å². The zero-order valence-corrected chi connectivity index (χ0v) is 17.8. The Morgan fingerprint density at radius 2 is 1.48 bits per heavy atom. The summed E-state index contributed by atoms with van der Waals surface area (Å²) in [5.41, 5.74) is -1.34. The number of benzene rings is 1. The third-order valence-corrected chi connectivity index (χ3v) is 3.78. The van der Waals surface area contributed by atoms with Crippen LogP contribution in [0.2, 0.25) is 0 Å². The zero-order chi connectivity index (χ0) is 22.4. The molecule has 1 rings (SSSR count). The van der Waals surface area contributed by atoms with Gasteiger partial charge in [-0.2, -0.15) is 0 Å². The average Bonchev–Trinajstić information content (AvgIpc) is 2.58. The average molecular weight is 411 g/mol. The van der Waals surface area contributed by atoms with Crippen LogP contribution in [-0.4, -0.2) is 49.0 Å². The van der Waals surface area contributed by atoms with E-state index in [0.717, 1.165) is 0 Å². The summed E-state index contributed by atoms with van der Waals surface area (Å²) in [7, 11) is 2.99. The molecule has 1 amide bonds. The predicted octanol–water partition coefficient (Wildman–Crippen LogP) is 2.85. The van der Waals surface area contributed by atoms with Crippen LogP contribution in [0.4, 0.5) is 4.79 Å². The molecule has 2 N–H and O–H groups in total. The van der Waals surface area contributed by atoms with Crippen LogP contribution in [0.15, 0.2) is 18.2 Å². The number of hydrogen-bond acceptors (Lipinski definition) is 7. The van der Waals surface area contributed by atoms with Crippen molar-refractivity contribution >= 4 is 18.0 Å². The second-order valence-corrected chi connectivity index (χ2v) is 7.83. The fourth-order valence-electron chi connectivity index (χ4n) is 2.37. The number of rotatable bonds is 8. The van der Waals surface area contributed by atoms with Crippen molar-refractivity contribution < 1.29 is 38.4 Å². The number of alkyl carbamates (subject to hydrolysis) is 1. The minimum atomic E-state index is -1.49. The molecule has 1 atom stereocenters. The molecule has 0 aromatic heterocycles. The molecule has 0 fully saturated rings. The van der Waals surface area contributed by atoms with E-state index in [1.54, 1.807) is 52.8 Å². The number of carboxylic acids is 1. The largest absolute Gasteiger partial charge is 0.497 e. The van der Waals surface area contributed by atoms with E-state index in [2.05, 4.69) is 5.32 Å². The number of nitrogens with one attached hydrogen (secondary N) is 1. The molecular formula is C20H29NO8. The Kier molecular flexibility index (Phi) is 7.87. The Bertz CT molecular complexity index is 729. The van der Waals surface area contributed by atoms with Crippen LogP contribution in [0.5, 0.6) is 11.5 Å². The molecule has 162 valence electrons. The number of carboxylic acid groups (broad SMARTS) is 1. The summed E-state index contributed by atoms with van der Waals surface area (Å²) in [4.78, 5) is 35.6. The van der Waals surface area contributed by atoms with Gasteiger partial charge in [0, 0.05) is 11.6 Å². The monoisotopic (exact) mass is 411 g/mol. The number of esters is 1. The standard InChI is InChI=1S/C20H29NO8/c1-19(2,3)28-16(22)11-15(17(23)24)21-18(25)29-20(4,5)12-8-13(26-6)10-14(9-12)27-7/h8-10,15H,11H2,1-7H3,(H,21,25)(H,23,24). The topological polar surface area (TPSA) is 120 Å². The van der Waals surface area contributed by atoms with Gasteiger partial charge in [0.1, 0.15) is 28.7 Å². The van der Waals surface area contributed by atoms with Crippen molar-refractivity contribution in [2.24, 2.45) is 0 Å². The van der Waals surface area contributed by atoms with Crippen LogP contribution < -0.4 is 14.8 Å². The van der Waals surface area contributed by atoms with Gasteiger partial charge in [-0.15, -0.1) is 0 Å². The molecule has 0 bridgehead atoms. The number of ether oxygens (including phenoxy) is 4. The van der Waals surface area contributed by atoms with Gasteiger partial charge in [0.15, 0.2) is 0 Å². The van der Waals surface area contributed by atoms with E-state index in [1.807, 2.05) is 0 Å². The Morgan fingerprint density at radius 3 is 1.90 bits per heavy atom. The molecule has 0 aliphatic rings. The van der Waals surface area contributed by atoms with Gasteiger partial charge in [-0.05, 0) is 46.8 Å². The predicted molar refractivity (Wildman–Crippen MR) is 104 cm³/mol. The smallest absolute Gasteiger partial charge is 0.408 e. The van der Waals surface area contributed by atoms with Crippen molar-refractivity contribution in [3.63, 3.8) is 0 Å². The van der Waals surface area contributed by atoms with Crippen LogP contribution in [0.3, 0.4) is 0 Å². The van der Waals surface area contributed by atoms with E-state index >= 15 is 0 Å². The van der Waals surface area contributed by atoms with E-state index in [1.165, 1.54) is 14.2 Å². The maximum atomic E-state index is 12.3. The van der Waals surface area contributed by atoms with Gasteiger partial charge in [-0.3, -0.25) is 4.79 Å². The van der Waals surface area contributed by atoms with Crippen molar-refractivity contribution in [1.29, 1.82) is 0 Å². The summed E-state index contributed by atoms with van der Waals surface area (Å²) in [6.45, 7) is 8.24. The molecular weight excluding hydrogens is 382 g/mol. The molecule has 0 aliphatic carbocycles. The van der Waals surface area contributed by atoms with Gasteiger partial charge in [-0.25, -0.2) is 9.59 Å². The number of methoxy groups -OCH3 is 2. The summed E-state index contributed by atoms with van der Waals surface area (Å²) in [5.74, 6) is -1.12. The SMILES string of the molecule is COc1cc(OC)cc(C(C)(C)OC(=O)NC(CC(=O)OC(C)(C)C)C(=O)O)c1. The maximum absolute atomic E-state index is 12.3. The minimum Gasteiger partial charge on any atom is -0.497 e. The first-order chi connectivity index (χ1) is 13.3. The number of amides is 1. The normalized spacial score (nSPS) is 12.5. The number of carbonyl (C=O) groups is 3. The summed E-state index contributed by atoms with van der Waals surface area (Å²) in [5, 5.41) is 11.5. The highest BCUT2D eigenvalue weighted by Crippen LogP contribution is 2.32. The van der Waals surface area contributed by atoms with Gasteiger partial charge in [0.2, 0.25) is 0 Å². The van der Waals surface area contributed by atoms with Gasteiger partial charge in [0.05, 0.1) is 20.6 Å². The zero-order valence-electron chi connectivity index (χ0n) is 17.8. The Hall–Kier alpha value is -2.97. The van der Waals surface area contributed by atoms with Gasteiger partial charge >= 0.3 is 18.0 Å². The van der Waals surface area contributed by atoms with Crippen molar-refractivity contribution in [2.75, 3.05) is 14.2 Å². The molecule has 29 heavy (non-hydrogen) atoms. The molecule has 0 aliphatic heterocycles. The van der Waals surface area contributed by atoms with Crippen molar-refractivity contribution in [1.82, 2.24) is 5.32 Å². The highest BCUT2D eigenvalue weighted by Gasteiger charge is 2.31. The summed E-state index contributed by atoms with van der Waals surface area (Å²) in [6, 6.07) is 3.52. The van der Waals surface area contributed by atoms with Crippen LogP contribution >= 0.6 is 0 Å². The lowest BCUT2D eigenvalue weighted by Crippen LogP contribution is -2.45. The molecule has 0 saturated carbocycles. The van der Waals surface area contributed by atoms with Crippen LogP contribution in [0.25, 0.3) is 0 Å². The van der Waals surface area contributed by atoms with E-state index in [0.29, 0.717) is 17.1 Å². The lowest BCUT2D eigenvalue weighted by atomic mass is 9.97. The summed E-state index contributed by atoms with van der Waals surface area (Å²) < 4.78 is 20.9. The van der Waals surface area contributed by atoms with E-state index < -0.39 is 41.7 Å². The molecule has 0 spiro atoms. The van der Waals surface area contributed by atoms with Gasteiger partial charge in [0.25, 0.3) is 0 Å². The molecule has 1 aromatic rings. The number of hydrogen-bond donors (Lipinski definition) is 2. The lowest BCUT2D eigenvalue weighted by molar-refractivity contribution is -0.158. The second kappa shape index (κ2) is 9.49. The highest BCUT2D eigenvalue weighted by molar-refractivity contribution is 5.85. The molecule has 0 heterocycles. The number of carbonyl (C=O) groups excluding carboxylic acids is 2. The minimum absolute atomic E-state index is 0.504. The van der Waals surface area contributed by atoms with Gasteiger partial charge in [-0.1, -0.05) is 0 Å². The summed E-state index contributed by atoms with van der Waals surface area (Å²) in [6.07, 6.45) is -1.53. The first-order valence-electron chi connectivity index (χ1n) is 8.95. The fourth-order valence-corrected chi connectivity index (χ4v) is 2.37. The first-order valence-corrected chi connectivity index (χ1v) is 8.95. The maximum Gasteiger partial charge on any atom is 0.408 e. The van der Waals surface area contributed by atoms with Crippen molar-refractivity contribution in [3.8, 4) is 11.5 Å². The molecule has 1 aromatic carbocycles.